The molecule has 1 N–H and O–H groups in total. The highest BCUT2D eigenvalue weighted by molar-refractivity contribution is 5.95. The molecular weight excluding hydrogens is 383 g/mol. The number of hydrogen-bond donors (Lipinski definition) is 1. The lowest BCUT2D eigenvalue weighted by Crippen LogP contribution is -2.31. The number of hydrogen-bond acceptors (Lipinski definition) is 5. The predicted octanol–water partition coefficient (Wildman–Crippen LogP) is 4.34. The molecule has 7 nitrogen and oxygen atoms in total. The van der Waals surface area contributed by atoms with Gasteiger partial charge in [0, 0.05) is 25.0 Å². The number of aryl methyl sites for hydroxylation is 3. The number of aromatic nitrogens is 4. The zero-order valence-corrected chi connectivity index (χ0v) is 18.0. The van der Waals surface area contributed by atoms with Crippen LogP contribution in [0.4, 0.5) is 16.0 Å². The molecule has 2 aromatic heterocycles. The minimum atomic E-state index is -0.622. The van der Waals surface area contributed by atoms with Gasteiger partial charge in [-0.3, -0.25) is 4.79 Å². The SMILES string of the molecule is CCCN(CC)C(=O)c1cn(-c2nc(Nc3cc(C)cc(C)c3)ncc2F)nc1C. The number of rotatable bonds is 7. The molecular formula is C22H27FN6O. The molecule has 1 aromatic carbocycles. The molecule has 0 unspecified atom stereocenters. The lowest BCUT2D eigenvalue weighted by Gasteiger charge is -2.19. The molecule has 3 aromatic rings. The van der Waals surface area contributed by atoms with Crippen LogP contribution in [0.3, 0.4) is 0 Å². The standard InChI is InChI=1S/C22H27FN6O/c1-6-8-28(7-2)21(30)18-13-29(27-16(18)5)20-19(23)12-24-22(26-20)25-17-10-14(3)9-15(4)11-17/h9-13H,6-8H2,1-5H3,(H,24,25,26). The van der Waals surface area contributed by atoms with Crippen molar-refractivity contribution in [2.45, 2.75) is 41.0 Å². The van der Waals surface area contributed by atoms with Gasteiger partial charge >= 0.3 is 0 Å². The first-order chi connectivity index (χ1) is 14.3. The lowest BCUT2D eigenvalue weighted by atomic mass is 10.1. The van der Waals surface area contributed by atoms with E-state index in [0.29, 0.717) is 24.3 Å². The predicted molar refractivity (Wildman–Crippen MR) is 115 cm³/mol. The highest BCUT2D eigenvalue weighted by atomic mass is 19.1. The van der Waals surface area contributed by atoms with Gasteiger partial charge in [-0.2, -0.15) is 10.1 Å². The molecule has 0 spiro atoms. The molecule has 0 bridgehead atoms. The smallest absolute Gasteiger partial charge is 0.257 e. The quantitative estimate of drug-likeness (QED) is 0.627. The second kappa shape index (κ2) is 9.02. The van der Waals surface area contributed by atoms with Crippen LogP contribution >= 0.6 is 0 Å². The molecule has 8 heteroatoms. The van der Waals surface area contributed by atoms with Gasteiger partial charge in [0.1, 0.15) is 0 Å². The van der Waals surface area contributed by atoms with Crippen LogP contribution in [0.1, 0.15) is 47.4 Å². The van der Waals surface area contributed by atoms with Crippen molar-refractivity contribution in [3.8, 4) is 5.82 Å². The first-order valence-corrected chi connectivity index (χ1v) is 10.1. The van der Waals surface area contributed by atoms with E-state index in [0.717, 1.165) is 29.4 Å². The Bertz CT molecular complexity index is 1040. The maximum Gasteiger partial charge on any atom is 0.257 e. The maximum absolute atomic E-state index is 14.5. The van der Waals surface area contributed by atoms with E-state index in [9.17, 15) is 9.18 Å². The summed E-state index contributed by atoms with van der Waals surface area (Å²) in [4.78, 5) is 22.9. The van der Waals surface area contributed by atoms with Crippen molar-refractivity contribution in [3.05, 3.63) is 58.8 Å². The Hall–Kier alpha value is -3.29. The van der Waals surface area contributed by atoms with Gasteiger partial charge in [-0.25, -0.2) is 14.1 Å². The molecule has 0 aliphatic heterocycles. The Morgan fingerprint density at radius 2 is 1.87 bits per heavy atom. The van der Waals surface area contributed by atoms with Crippen LogP contribution in [-0.4, -0.2) is 43.6 Å². The van der Waals surface area contributed by atoms with E-state index >= 15 is 0 Å². The number of anilines is 2. The fourth-order valence-corrected chi connectivity index (χ4v) is 3.38. The van der Waals surface area contributed by atoms with Crippen molar-refractivity contribution in [1.82, 2.24) is 24.6 Å². The van der Waals surface area contributed by atoms with Crippen molar-refractivity contribution in [3.63, 3.8) is 0 Å². The van der Waals surface area contributed by atoms with Crippen molar-refractivity contribution < 1.29 is 9.18 Å². The van der Waals surface area contributed by atoms with Gasteiger partial charge < -0.3 is 10.2 Å². The summed E-state index contributed by atoms with van der Waals surface area (Å²) in [5.41, 5.74) is 3.97. The minimum Gasteiger partial charge on any atom is -0.339 e. The molecule has 30 heavy (non-hydrogen) atoms. The van der Waals surface area contributed by atoms with Crippen LogP contribution < -0.4 is 5.32 Å². The second-order valence-corrected chi connectivity index (χ2v) is 7.32. The van der Waals surface area contributed by atoms with Crippen molar-refractivity contribution in [2.24, 2.45) is 0 Å². The number of nitrogens with one attached hydrogen (secondary N) is 1. The first kappa shape index (κ1) is 21.4. The second-order valence-electron chi connectivity index (χ2n) is 7.32. The van der Waals surface area contributed by atoms with E-state index in [2.05, 4.69) is 26.4 Å². The number of halogens is 1. The molecule has 0 fully saturated rings. The summed E-state index contributed by atoms with van der Waals surface area (Å²) in [7, 11) is 0. The van der Waals surface area contributed by atoms with Crippen LogP contribution in [0.2, 0.25) is 0 Å². The Morgan fingerprint density at radius 1 is 1.17 bits per heavy atom. The topological polar surface area (TPSA) is 75.9 Å². The van der Waals surface area contributed by atoms with Crippen LogP contribution in [0, 0.1) is 26.6 Å². The molecule has 0 aliphatic carbocycles. The average molecular weight is 410 g/mol. The fourth-order valence-electron chi connectivity index (χ4n) is 3.38. The van der Waals surface area contributed by atoms with Crippen molar-refractivity contribution >= 4 is 17.5 Å². The monoisotopic (exact) mass is 410 g/mol. The molecule has 0 atom stereocenters. The van der Waals surface area contributed by atoms with Crippen LogP contribution in [0.25, 0.3) is 5.82 Å². The maximum atomic E-state index is 14.5. The van der Waals surface area contributed by atoms with E-state index in [4.69, 9.17) is 0 Å². The third-order valence-corrected chi connectivity index (χ3v) is 4.71. The molecule has 158 valence electrons. The van der Waals surface area contributed by atoms with Gasteiger partial charge in [-0.05, 0) is 57.4 Å². The zero-order valence-electron chi connectivity index (χ0n) is 18.0. The van der Waals surface area contributed by atoms with Crippen LogP contribution in [0.5, 0.6) is 0 Å². The van der Waals surface area contributed by atoms with Gasteiger partial charge in [0.2, 0.25) is 5.95 Å². The summed E-state index contributed by atoms with van der Waals surface area (Å²) in [6, 6.07) is 5.98. The Labute approximate surface area is 176 Å². The fraction of sp³-hybridized carbons (Fsp3) is 0.364. The average Bonchev–Trinajstić information content (AvgIpc) is 3.07. The zero-order chi connectivity index (χ0) is 21.8. The molecule has 1 amide bonds. The number of carbonyl (C=O) groups excluding carboxylic acids is 1. The van der Waals surface area contributed by atoms with E-state index < -0.39 is 5.82 Å². The molecule has 2 heterocycles. The largest absolute Gasteiger partial charge is 0.339 e. The summed E-state index contributed by atoms with van der Waals surface area (Å²) in [5.74, 6) is -0.509. The summed E-state index contributed by atoms with van der Waals surface area (Å²) in [5, 5.41) is 7.43. The van der Waals surface area contributed by atoms with Crippen molar-refractivity contribution in [2.75, 3.05) is 18.4 Å². The van der Waals surface area contributed by atoms with Crippen LogP contribution in [0.15, 0.2) is 30.6 Å². The van der Waals surface area contributed by atoms with Gasteiger partial charge in [0.25, 0.3) is 5.91 Å². The summed E-state index contributed by atoms with van der Waals surface area (Å²) >= 11 is 0. The van der Waals surface area contributed by atoms with Crippen LogP contribution in [-0.2, 0) is 0 Å². The molecule has 0 radical (unpaired) electrons. The third-order valence-electron chi connectivity index (χ3n) is 4.71. The molecule has 0 saturated heterocycles. The third kappa shape index (κ3) is 4.64. The van der Waals surface area contributed by atoms with E-state index in [1.165, 1.54) is 10.9 Å². The van der Waals surface area contributed by atoms with E-state index in [1.807, 2.05) is 39.8 Å². The summed E-state index contributed by atoms with van der Waals surface area (Å²) in [6.45, 7) is 10.9. The van der Waals surface area contributed by atoms with E-state index in [-0.39, 0.29) is 17.7 Å². The number of carbonyl (C=O) groups is 1. The Morgan fingerprint density at radius 3 is 2.50 bits per heavy atom. The van der Waals surface area contributed by atoms with Gasteiger partial charge in [0.05, 0.1) is 17.5 Å². The highest BCUT2D eigenvalue weighted by Crippen LogP contribution is 2.20. The Kier molecular flexibility index (Phi) is 6.44. The summed E-state index contributed by atoms with van der Waals surface area (Å²) in [6.07, 6.45) is 3.49. The highest BCUT2D eigenvalue weighted by Gasteiger charge is 2.21. The minimum absolute atomic E-state index is 0.0161. The number of benzene rings is 1. The molecule has 0 aliphatic rings. The summed E-state index contributed by atoms with van der Waals surface area (Å²) < 4.78 is 15.8. The lowest BCUT2D eigenvalue weighted by molar-refractivity contribution is 0.0763. The van der Waals surface area contributed by atoms with Gasteiger partial charge in [-0.15, -0.1) is 0 Å². The number of amides is 1. The van der Waals surface area contributed by atoms with Crippen molar-refractivity contribution in [1.29, 1.82) is 0 Å². The first-order valence-electron chi connectivity index (χ1n) is 10.1. The van der Waals surface area contributed by atoms with E-state index in [1.54, 1.807) is 11.8 Å². The molecule has 3 rings (SSSR count). The number of nitrogens with zero attached hydrogens (tertiary/aromatic N) is 5. The Balaban J connectivity index is 1.92. The molecule has 0 saturated carbocycles. The van der Waals surface area contributed by atoms with Gasteiger partial charge in [-0.1, -0.05) is 13.0 Å². The van der Waals surface area contributed by atoms with Gasteiger partial charge in [0.15, 0.2) is 11.6 Å². The normalized spacial score (nSPS) is 10.9.